The summed E-state index contributed by atoms with van der Waals surface area (Å²) >= 11 is 0. The molecule has 0 saturated heterocycles. The molecule has 0 fully saturated rings. The van der Waals surface area contributed by atoms with Gasteiger partial charge in [0.25, 0.3) is 5.91 Å². The van der Waals surface area contributed by atoms with E-state index in [4.69, 9.17) is 0 Å². The lowest BCUT2D eigenvalue weighted by atomic mass is 10.0. The maximum atomic E-state index is 13.0. The van der Waals surface area contributed by atoms with Crippen molar-refractivity contribution < 1.29 is 9.90 Å². The summed E-state index contributed by atoms with van der Waals surface area (Å²) in [6, 6.07) is 20.1. The van der Waals surface area contributed by atoms with Gasteiger partial charge in [0, 0.05) is 24.0 Å². The fourth-order valence-electron chi connectivity index (χ4n) is 3.87. The van der Waals surface area contributed by atoms with E-state index in [1.54, 1.807) is 0 Å². The fraction of sp³-hybridized carbons (Fsp3) is 0.261. The van der Waals surface area contributed by atoms with Gasteiger partial charge in [-0.25, -0.2) is 0 Å². The van der Waals surface area contributed by atoms with E-state index in [0.29, 0.717) is 19.4 Å². The normalized spacial score (nSPS) is 17.4. The number of aliphatic hydroxyl groups excluding tert-OH is 1. The molecule has 2 heterocycles. The van der Waals surface area contributed by atoms with E-state index in [9.17, 15) is 9.90 Å². The molecule has 0 saturated carbocycles. The van der Waals surface area contributed by atoms with Gasteiger partial charge < -0.3 is 14.9 Å². The van der Waals surface area contributed by atoms with Gasteiger partial charge in [0.2, 0.25) is 0 Å². The van der Waals surface area contributed by atoms with E-state index >= 15 is 0 Å². The number of hydrogen-bond acceptors (Lipinski definition) is 3. The third-order valence-corrected chi connectivity index (χ3v) is 5.30. The van der Waals surface area contributed by atoms with Gasteiger partial charge in [-0.15, -0.1) is 0 Å². The molecule has 4 heteroatoms. The zero-order chi connectivity index (χ0) is 18.6. The molecule has 2 aromatic carbocycles. The summed E-state index contributed by atoms with van der Waals surface area (Å²) in [5.41, 5.74) is 4.27. The molecule has 2 aliphatic rings. The van der Waals surface area contributed by atoms with E-state index < -0.39 is 0 Å². The Balaban J connectivity index is 1.51. The van der Waals surface area contributed by atoms with Crippen LogP contribution in [0, 0.1) is 0 Å². The zero-order valence-corrected chi connectivity index (χ0v) is 15.3. The molecule has 27 heavy (non-hydrogen) atoms. The second-order valence-electron chi connectivity index (χ2n) is 7.09. The molecule has 0 spiro atoms. The molecule has 1 atom stereocenters. The van der Waals surface area contributed by atoms with Gasteiger partial charge in [0.15, 0.2) is 0 Å². The maximum absolute atomic E-state index is 13.0. The van der Waals surface area contributed by atoms with E-state index in [2.05, 4.69) is 23.2 Å². The van der Waals surface area contributed by atoms with Crippen LogP contribution in [-0.4, -0.2) is 40.0 Å². The summed E-state index contributed by atoms with van der Waals surface area (Å²) in [5, 5.41) is 9.96. The van der Waals surface area contributed by atoms with Crippen LogP contribution in [0.3, 0.4) is 0 Å². The number of benzene rings is 2. The first kappa shape index (κ1) is 17.6. The van der Waals surface area contributed by atoms with E-state index in [0.717, 1.165) is 23.4 Å². The molecule has 0 radical (unpaired) electrons. The summed E-state index contributed by atoms with van der Waals surface area (Å²) in [6.45, 7) is 1.27. The van der Waals surface area contributed by atoms with Gasteiger partial charge in [-0.05, 0) is 24.0 Å². The first-order valence-electron chi connectivity index (χ1n) is 9.41. The number of hydrogen-bond donors (Lipinski definition) is 1. The average molecular weight is 360 g/mol. The van der Waals surface area contributed by atoms with Gasteiger partial charge >= 0.3 is 0 Å². The highest BCUT2D eigenvalue weighted by Gasteiger charge is 2.37. The monoisotopic (exact) mass is 360 g/mol. The highest BCUT2D eigenvalue weighted by atomic mass is 16.3. The molecule has 4 nitrogen and oxygen atoms in total. The fourth-order valence-corrected chi connectivity index (χ4v) is 3.87. The van der Waals surface area contributed by atoms with Gasteiger partial charge in [0.1, 0.15) is 0 Å². The molecule has 4 rings (SSSR count). The van der Waals surface area contributed by atoms with Gasteiger partial charge in [-0.3, -0.25) is 4.79 Å². The summed E-state index contributed by atoms with van der Waals surface area (Å²) < 4.78 is 0. The summed E-state index contributed by atoms with van der Waals surface area (Å²) in [5.74, 6) is 0.0578. The van der Waals surface area contributed by atoms with Crippen molar-refractivity contribution in [3.8, 4) is 0 Å². The van der Waals surface area contributed by atoms with Crippen molar-refractivity contribution in [1.29, 1.82) is 0 Å². The molecule has 0 bridgehead atoms. The van der Waals surface area contributed by atoms with Crippen LogP contribution in [-0.2, 0) is 17.8 Å². The molecule has 2 aliphatic heterocycles. The van der Waals surface area contributed by atoms with Crippen molar-refractivity contribution in [3.05, 3.63) is 95.3 Å². The molecule has 138 valence electrons. The topological polar surface area (TPSA) is 43.8 Å². The maximum Gasteiger partial charge on any atom is 0.252 e. The largest absolute Gasteiger partial charge is 0.394 e. The quantitative estimate of drug-likeness (QED) is 0.861. The smallest absolute Gasteiger partial charge is 0.252 e. The first-order valence-corrected chi connectivity index (χ1v) is 9.41. The number of carbonyl (C=O) groups is 1. The summed E-state index contributed by atoms with van der Waals surface area (Å²) in [6.07, 6.45) is 5.46. The second-order valence-corrected chi connectivity index (χ2v) is 7.09. The lowest BCUT2D eigenvalue weighted by Gasteiger charge is -2.29. The number of carbonyl (C=O) groups excluding carboxylic acids is 1. The SMILES string of the molecule is O=C1C2=C(CN1C(CO)Cc1ccccc1)N(Cc1ccccc1)C=CC2. The van der Waals surface area contributed by atoms with E-state index in [1.165, 1.54) is 5.56 Å². The van der Waals surface area contributed by atoms with E-state index in [-0.39, 0.29) is 18.6 Å². The van der Waals surface area contributed by atoms with Crippen LogP contribution in [0.15, 0.2) is 84.2 Å². The number of amides is 1. The predicted molar refractivity (Wildman–Crippen MR) is 106 cm³/mol. The van der Waals surface area contributed by atoms with Crippen molar-refractivity contribution in [3.63, 3.8) is 0 Å². The van der Waals surface area contributed by atoms with Crippen molar-refractivity contribution in [2.45, 2.75) is 25.4 Å². The van der Waals surface area contributed by atoms with Crippen LogP contribution in [0.5, 0.6) is 0 Å². The number of nitrogens with zero attached hydrogens (tertiary/aromatic N) is 2. The Morgan fingerprint density at radius 3 is 2.30 bits per heavy atom. The first-order chi connectivity index (χ1) is 13.3. The third kappa shape index (κ3) is 3.67. The Morgan fingerprint density at radius 2 is 1.63 bits per heavy atom. The number of rotatable bonds is 6. The zero-order valence-electron chi connectivity index (χ0n) is 15.3. The molecule has 0 aromatic heterocycles. The minimum absolute atomic E-state index is 0.0344. The van der Waals surface area contributed by atoms with Gasteiger partial charge in [-0.1, -0.05) is 66.7 Å². The Labute approximate surface area is 160 Å². The van der Waals surface area contributed by atoms with Crippen molar-refractivity contribution in [2.75, 3.05) is 13.2 Å². The van der Waals surface area contributed by atoms with Crippen LogP contribution in [0.4, 0.5) is 0 Å². The van der Waals surface area contributed by atoms with Gasteiger partial charge in [0.05, 0.1) is 19.2 Å². The van der Waals surface area contributed by atoms with E-state index in [1.807, 2.05) is 59.5 Å². The molecule has 0 aliphatic carbocycles. The second kappa shape index (κ2) is 7.80. The molecule has 2 aromatic rings. The van der Waals surface area contributed by atoms with Crippen molar-refractivity contribution in [1.82, 2.24) is 9.80 Å². The highest BCUT2D eigenvalue weighted by Crippen LogP contribution is 2.31. The Morgan fingerprint density at radius 1 is 0.963 bits per heavy atom. The predicted octanol–water partition coefficient (Wildman–Crippen LogP) is 3.11. The third-order valence-electron chi connectivity index (χ3n) is 5.30. The van der Waals surface area contributed by atoms with Crippen LogP contribution in [0.1, 0.15) is 17.5 Å². The Bertz CT molecular complexity index is 858. The molecular weight excluding hydrogens is 336 g/mol. The van der Waals surface area contributed by atoms with Crippen molar-refractivity contribution >= 4 is 5.91 Å². The lowest BCUT2D eigenvalue weighted by Crippen LogP contribution is -2.42. The van der Waals surface area contributed by atoms with Gasteiger partial charge in [-0.2, -0.15) is 0 Å². The molecule has 1 N–H and O–H groups in total. The minimum Gasteiger partial charge on any atom is -0.394 e. The standard InChI is InChI=1S/C23H24N2O2/c26-17-20(14-18-8-3-1-4-9-18)25-16-22-21(23(25)27)12-7-13-24(22)15-19-10-5-2-6-11-19/h1-11,13,20,26H,12,14-17H2. The average Bonchev–Trinajstić information content (AvgIpc) is 3.05. The van der Waals surface area contributed by atoms with Crippen LogP contribution in [0.2, 0.25) is 0 Å². The van der Waals surface area contributed by atoms with Crippen LogP contribution < -0.4 is 0 Å². The molecule has 1 unspecified atom stereocenters. The molecular formula is C23H24N2O2. The lowest BCUT2D eigenvalue weighted by molar-refractivity contribution is -0.128. The summed E-state index contributed by atoms with van der Waals surface area (Å²) in [7, 11) is 0. The van der Waals surface area contributed by atoms with Crippen LogP contribution in [0.25, 0.3) is 0 Å². The number of allylic oxidation sites excluding steroid dienone is 1. The van der Waals surface area contributed by atoms with Crippen LogP contribution >= 0.6 is 0 Å². The van der Waals surface area contributed by atoms with Crippen molar-refractivity contribution in [2.24, 2.45) is 0 Å². The highest BCUT2D eigenvalue weighted by molar-refractivity contribution is 5.97. The minimum atomic E-state index is -0.205. The summed E-state index contributed by atoms with van der Waals surface area (Å²) in [4.78, 5) is 17.0. The Kier molecular flexibility index (Phi) is 5.07. The number of aliphatic hydroxyl groups is 1. The Hall–Kier alpha value is -2.85. The molecule has 1 amide bonds.